The third-order valence-corrected chi connectivity index (χ3v) is 5.52. The van der Waals surface area contributed by atoms with Crippen molar-refractivity contribution < 1.29 is 9.53 Å². The number of ether oxygens (including phenoxy) is 1. The van der Waals surface area contributed by atoms with Crippen molar-refractivity contribution in [2.75, 3.05) is 7.11 Å². The maximum Gasteiger partial charge on any atom is 0.247 e. The highest BCUT2D eigenvalue weighted by molar-refractivity contribution is 7.09. The molecule has 28 heavy (non-hydrogen) atoms. The number of carbonyl (C=O) groups is 1. The van der Waals surface area contributed by atoms with Crippen molar-refractivity contribution in [1.82, 2.24) is 4.90 Å². The number of benzene rings is 2. The van der Waals surface area contributed by atoms with Crippen LogP contribution >= 0.6 is 11.3 Å². The molecule has 0 spiro atoms. The lowest BCUT2D eigenvalue weighted by Gasteiger charge is -2.28. The molecule has 1 amide bonds. The van der Waals surface area contributed by atoms with Crippen molar-refractivity contribution >= 4 is 23.3 Å². The molecular formula is C24H25NO2S. The van der Waals surface area contributed by atoms with E-state index in [0.29, 0.717) is 6.54 Å². The lowest BCUT2D eigenvalue weighted by atomic mass is 10.1. The third kappa shape index (κ3) is 5.57. The molecule has 1 heterocycles. The van der Waals surface area contributed by atoms with Crippen molar-refractivity contribution in [3.05, 3.63) is 94.2 Å². The van der Waals surface area contributed by atoms with Gasteiger partial charge in [0.15, 0.2) is 0 Å². The van der Waals surface area contributed by atoms with Crippen LogP contribution in [0.5, 0.6) is 5.75 Å². The van der Waals surface area contributed by atoms with Gasteiger partial charge in [0.05, 0.1) is 7.11 Å². The SMILES string of the molecule is COc1ccc(CN(C(=O)/C=C/c2ccccc2)C(C)Cc2cccs2)cc1. The topological polar surface area (TPSA) is 29.5 Å². The summed E-state index contributed by atoms with van der Waals surface area (Å²) in [5.41, 5.74) is 2.10. The summed E-state index contributed by atoms with van der Waals surface area (Å²) < 4.78 is 5.24. The first-order valence-corrected chi connectivity index (χ1v) is 10.2. The lowest BCUT2D eigenvalue weighted by Crippen LogP contribution is -2.38. The Hall–Kier alpha value is -2.85. The highest BCUT2D eigenvalue weighted by atomic mass is 32.1. The van der Waals surface area contributed by atoms with E-state index >= 15 is 0 Å². The van der Waals surface area contributed by atoms with E-state index in [9.17, 15) is 4.79 Å². The molecule has 2 aromatic carbocycles. The van der Waals surface area contributed by atoms with Gasteiger partial charge in [0.25, 0.3) is 0 Å². The number of thiophene rings is 1. The Kier molecular flexibility index (Phi) is 7.04. The van der Waals surface area contributed by atoms with Gasteiger partial charge in [0, 0.05) is 30.0 Å². The summed E-state index contributed by atoms with van der Waals surface area (Å²) in [6, 6.07) is 22.1. The summed E-state index contributed by atoms with van der Waals surface area (Å²) >= 11 is 1.73. The van der Waals surface area contributed by atoms with Crippen LogP contribution < -0.4 is 4.74 Å². The zero-order valence-corrected chi connectivity index (χ0v) is 17.1. The van der Waals surface area contributed by atoms with Gasteiger partial charge in [-0.2, -0.15) is 0 Å². The Balaban J connectivity index is 1.77. The van der Waals surface area contributed by atoms with Crippen LogP contribution in [-0.2, 0) is 17.8 Å². The van der Waals surface area contributed by atoms with Crippen molar-refractivity contribution in [3.63, 3.8) is 0 Å². The molecule has 1 aromatic heterocycles. The van der Waals surface area contributed by atoms with Crippen molar-refractivity contribution in [2.45, 2.75) is 25.9 Å². The molecule has 0 aliphatic rings. The van der Waals surface area contributed by atoms with Crippen LogP contribution in [0.3, 0.4) is 0 Å². The first kappa shape index (κ1) is 19.9. The van der Waals surface area contributed by atoms with Crippen LogP contribution in [0.25, 0.3) is 6.08 Å². The van der Waals surface area contributed by atoms with Gasteiger partial charge in [0.1, 0.15) is 5.75 Å². The summed E-state index contributed by atoms with van der Waals surface area (Å²) in [6.45, 7) is 2.67. The van der Waals surface area contributed by atoms with Gasteiger partial charge in [-0.05, 0) is 47.7 Å². The molecule has 0 fully saturated rings. The van der Waals surface area contributed by atoms with Gasteiger partial charge in [-0.3, -0.25) is 4.79 Å². The van der Waals surface area contributed by atoms with E-state index in [1.807, 2.05) is 65.6 Å². The van der Waals surface area contributed by atoms with E-state index in [2.05, 4.69) is 24.4 Å². The molecule has 0 bridgehead atoms. The molecule has 0 aliphatic heterocycles. The Morgan fingerprint density at radius 1 is 1.07 bits per heavy atom. The predicted molar refractivity (Wildman–Crippen MR) is 117 cm³/mol. The van der Waals surface area contributed by atoms with E-state index < -0.39 is 0 Å². The fourth-order valence-corrected chi connectivity index (χ4v) is 3.86. The molecule has 3 aromatic rings. The Bertz CT molecular complexity index is 886. The molecule has 0 N–H and O–H groups in total. The van der Waals surface area contributed by atoms with Gasteiger partial charge >= 0.3 is 0 Å². The van der Waals surface area contributed by atoms with Crippen LogP contribution in [0, 0.1) is 0 Å². The van der Waals surface area contributed by atoms with Crippen LogP contribution in [0.2, 0.25) is 0 Å². The first-order valence-electron chi connectivity index (χ1n) is 9.35. The molecule has 1 atom stereocenters. The fourth-order valence-electron chi connectivity index (χ4n) is 3.04. The van der Waals surface area contributed by atoms with E-state index in [-0.39, 0.29) is 11.9 Å². The molecule has 4 heteroatoms. The van der Waals surface area contributed by atoms with Crippen LogP contribution in [0.15, 0.2) is 78.2 Å². The second kappa shape index (κ2) is 9.90. The maximum absolute atomic E-state index is 13.0. The molecule has 3 rings (SSSR count). The molecule has 0 aliphatic carbocycles. The highest BCUT2D eigenvalue weighted by Gasteiger charge is 2.19. The smallest absolute Gasteiger partial charge is 0.247 e. The van der Waals surface area contributed by atoms with Crippen molar-refractivity contribution in [1.29, 1.82) is 0 Å². The molecule has 0 radical (unpaired) electrons. The largest absolute Gasteiger partial charge is 0.497 e. The van der Waals surface area contributed by atoms with Crippen LogP contribution in [0.1, 0.15) is 22.9 Å². The number of amides is 1. The monoisotopic (exact) mass is 391 g/mol. The van der Waals surface area contributed by atoms with Gasteiger partial charge in [-0.25, -0.2) is 0 Å². The van der Waals surface area contributed by atoms with E-state index in [4.69, 9.17) is 4.74 Å². The zero-order valence-electron chi connectivity index (χ0n) is 16.2. The summed E-state index contributed by atoms with van der Waals surface area (Å²) in [5, 5.41) is 2.08. The quantitative estimate of drug-likeness (QED) is 0.479. The number of hydrogen-bond acceptors (Lipinski definition) is 3. The average molecular weight is 392 g/mol. The summed E-state index contributed by atoms with van der Waals surface area (Å²) in [6.07, 6.45) is 4.39. The minimum Gasteiger partial charge on any atom is -0.497 e. The number of hydrogen-bond donors (Lipinski definition) is 0. The van der Waals surface area contributed by atoms with E-state index in [1.165, 1.54) is 4.88 Å². The lowest BCUT2D eigenvalue weighted by molar-refractivity contribution is -0.128. The fraction of sp³-hybridized carbons (Fsp3) is 0.208. The zero-order chi connectivity index (χ0) is 19.8. The van der Waals surface area contributed by atoms with E-state index in [0.717, 1.165) is 23.3 Å². The Morgan fingerprint density at radius 2 is 1.82 bits per heavy atom. The van der Waals surface area contributed by atoms with E-state index in [1.54, 1.807) is 24.5 Å². The standard InChI is InChI=1S/C24H25NO2S/c1-19(17-23-9-6-16-28-23)25(18-21-10-13-22(27-2)14-11-21)24(26)15-12-20-7-4-3-5-8-20/h3-16,19H,17-18H2,1-2H3/b15-12+. The normalized spacial score (nSPS) is 12.1. The van der Waals surface area contributed by atoms with Gasteiger partial charge in [0.2, 0.25) is 5.91 Å². The number of rotatable bonds is 8. The molecular weight excluding hydrogens is 366 g/mol. The van der Waals surface area contributed by atoms with Crippen molar-refractivity contribution in [2.24, 2.45) is 0 Å². The second-order valence-electron chi connectivity index (χ2n) is 6.69. The second-order valence-corrected chi connectivity index (χ2v) is 7.72. The molecule has 0 saturated heterocycles. The maximum atomic E-state index is 13.0. The Morgan fingerprint density at radius 3 is 2.46 bits per heavy atom. The number of nitrogens with zero attached hydrogens (tertiary/aromatic N) is 1. The highest BCUT2D eigenvalue weighted by Crippen LogP contribution is 2.19. The summed E-state index contributed by atoms with van der Waals surface area (Å²) in [4.78, 5) is 16.2. The third-order valence-electron chi connectivity index (χ3n) is 4.62. The molecule has 1 unspecified atom stereocenters. The molecule has 0 saturated carbocycles. The van der Waals surface area contributed by atoms with Crippen molar-refractivity contribution in [3.8, 4) is 5.75 Å². The van der Waals surface area contributed by atoms with Crippen LogP contribution in [-0.4, -0.2) is 24.0 Å². The Labute approximate surface area is 170 Å². The summed E-state index contributed by atoms with van der Waals surface area (Å²) in [7, 11) is 1.66. The number of methoxy groups -OCH3 is 1. The molecule has 3 nitrogen and oxygen atoms in total. The number of carbonyl (C=O) groups excluding carboxylic acids is 1. The average Bonchev–Trinajstić information content (AvgIpc) is 3.24. The minimum absolute atomic E-state index is 0.0173. The predicted octanol–water partition coefficient (Wildman–Crippen LogP) is 5.43. The minimum atomic E-state index is 0.0173. The van der Waals surface area contributed by atoms with Crippen LogP contribution in [0.4, 0.5) is 0 Å². The first-order chi connectivity index (χ1) is 13.7. The van der Waals surface area contributed by atoms with Gasteiger partial charge < -0.3 is 9.64 Å². The molecule has 144 valence electrons. The van der Waals surface area contributed by atoms with Gasteiger partial charge in [-0.15, -0.1) is 11.3 Å². The van der Waals surface area contributed by atoms with Gasteiger partial charge in [-0.1, -0.05) is 48.5 Å². The summed E-state index contributed by atoms with van der Waals surface area (Å²) in [5.74, 6) is 0.834.